The normalized spacial score (nSPS) is 10.3. The molecule has 0 unspecified atom stereocenters. The average Bonchev–Trinajstić information content (AvgIpc) is 2.93. The molecule has 0 aliphatic heterocycles. The summed E-state index contributed by atoms with van der Waals surface area (Å²) in [4.78, 5) is 33.8. The van der Waals surface area contributed by atoms with Crippen LogP contribution in [0.25, 0.3) is 0 Å². The molecule has 1 heterocycles. The molecule has 38 heavy (non-hydrogen) atoms. The van der Waals surface area contributed by atoms with Crippen molar-refractivity contribution in [3.63, 3.8) is 0 Å². The molecule has 192 valence electrons. The number of aromatic nitrogens is 2. The van der Waals surface area contributed by atoms with Crippen molar-refractivity contribution in [1.29, 1.82) is 0 Å². The number of nitrogens with zero attached hydrogens (tertiary/aromatic N) is 2. The number of methoxy groups -OCH3 is 1. The lowest BCUT2D eigenvalue weighted by atomic mass is 10.1. The summed E-state index contributed by atoms with van der Waals surface area (Å²) in [6, 6.07) is 22.3. The first-order valence-corrected chi connectivity index (χ1v) is 11.9. The van der Waals surface area contributed by atoms with E-state index in [1.165, 1.54) is 12.3 Å². The fourth-order valence-corrected chi connectivity index (χ4v) is 3.52. The zero-order valence-electron chi connectivity index (χ0n) is 21.1. The zero-order valence-corrected chi connectivity index (χ0v) is 21.1. The van der Waals surface area contributed by atoms with E-state index in [1.54, 1.807) is 31.4 Å². The topological polar surface area (TPSA) is 117 Å². The molecular weight excluding hydrogens is 480 g/mol. The highest BCUT2D eigenvalue weighted by atomic mass is 16.5. The van der Waals surface area contributed by atoms with E-state index in [1.807, 2.05) is 55.5 Å². The third kappa shape index (κ3) is 6.94. The number of anilines is 5. The first kappa shape index (κ1) is 25.9. The van der Waals surface area contributed by atoms with Crippen molar-refractivity contribution in [2.75, 3.05) is 23.1 Å². The van der Waals surface area contributed by atoms with Crippen molar-refractivity contribution >= 4 is 40.6 Å². The number of ether oxygens (including phenoxy) is 1. The molecule has 0 bridgehead atoms. The third-order valence-corrected chi connectivity index (χ3v) is 5.51. The van der Waals surface area contributed by atoms with Crippen LogP contribution in [0.15, 0.2) is 91.6 Å². The summed E-state index contributed by atoms with van der Waals surface area (Å²) in [7, 11) is 1.59. The first-order valence-electron chi connectivity index (χ1n) is 11.9. The smallest absolute Gasteiger partial charge is 0.256 e. The molecule has 0 aliphatic rings. The van der Waals surface area contributed by atoms with Gasteiger partial charge < -0.3 is 26.0 Å². The van der Waals surface area contributed by atoms with E-state index in [2.05, 4.69) is 37.8 Å². The predicted molar refractivity (Wildman–Crippen MR) is 149 cm³/mol. The van der Waals surface area contributed by atoms with Crippen molar-refractivity contribution in [3.05, 3.63) is 108 Å². The molecule has 0 spiro atoms. The molecule has 9 nitrogen and oxygen atoms in total. The van der Waals surface area contributed by atoms with Crippen LogP contribution in [0.3, 0.4) is 0 Å². The van der Waals surface area contributed by atoms with Gasteiger partial charge in [-0.1, -0.05) is 48.5 Å². The minimum absolute atomic E-state index is 0.258. The highest BCUT2D eigenvalue weighted by Crippen LogP contribution is 2.25. The molecule has 2 amide bonds. The van der Waals surface area contributed by atoms with Crippen molar-refractivity contribution in [3.8, 4) is 5.75 Å². The van der Waals surface area contributed by atoms with E-state index in [9.17, 15) is 9.59 Å². The molecule has 0 fully saturated rings. The summed E-state index contributed by atoms with van der Waals surface area (Å²) >= 11 is 0. The average molecular weight is 509 g/mol. The van der Waals surface area contributed by atoms with E-state index in [0.717, 1.165) is 16.8 Å². The summed E-state index contributed by atoms with van der Waals surface area (Å²) in [6.45, 7) is 5.84. The third-order valence-electron chi connectivity index (χ3n) is 5.51. The second kappa shape index (κ2) is 12.2. The van der Waals surface area contributed by atoms with E-state index in [-0.39, 0.29) is 23.3 Å². The zero-order chi connectivity index (χ0) is 26.9. The lowest BCUT2D eigenvalue weighted by Gasteiger charge is -2.14. The fraction of sp³-hybridized carbons (Fsp3) is 0.103. The van der Waals surface area contributed by atoms with Gasteiger partial charge in [0.05, 0.1) is 7.11 Å². The Morgan fingerprint density at radius 1 is 0.947 bits per heavy atom. The van der Waals surface area contributed by atoms with Crippen LogP contribution in [0, 0.1) is 6.92 Å². The van der Waals surface area contributed by atoms with Crippen LogP contribution >= 0.6 is 0 Å². The second-order valence-electron chi connectivity index (χ2n) is 8.38. The van der Waals surface area contributed by atoms with Crippen LogP contribution in [-0.2, 0) is 11.3 Å². The van der Waals surface area contributed by atoms with Gasteiger partial charge in [0.1, 0.15) is 17.1 Å². The van der Waals surface area contributed by atoms with Crippen LogP contribution in [0.1, 0.15) is 21.5 Å². The van der Waals surface area contributed by atoms with Crippen LogP contribution in [0.2, 0.25) is 0 Å². The van der Waals surface area contributed by atoms with Crippen molar-refractivity contribution in [2.24, 2.45) is 0 Å². The molecule has 9 heteroatoms. The monoisotopic (exact) mass is 508 g/mol. The maximum absolute atomic E-state index is 13.2. The van der Waals surface area contributed by atoms with Crippen molar-refractivity contribution in [1.82, 2.24) is 15.3 Å². The Hall–Kier alpha value is -5.18. The van der Waals surface area contributed by atoms with Gasteiger partial charge in [0.2, 0.25) is 11.9 Å². The Kier molecular flexibility index (Phi) is 8.30. The summed E-state index contributed by atoms with van der Waals surface area (Å²) in [5, 5.41) is 12.0. The Bertz CT molecular complexity index is 1450. The number of benzene rings is 3. The molecule has 4 aromatic rings. The molecule has 4 N–H and O–H groups in total. The number of nitrogens with one attached hydrogen (secondary N) is 4. The first-order chi connectivity index (χ1) is 18.4. The van der Waals surface area contributed by atoms with Gasteiger partial charge in [0.15, 0.2) is 0 Å². The summed E-state index contributed by atoms with van der Waals surface area (Å²) in [6.07, 6.45) is 2.66. The lowest BCUT2D eigenvalue weighted by molar-refractivity contribution is -0.111. The highest BCUT2D eigenvalue weighted by Gasteiger charge is 2.16. The molecule has 0 saturated heterocycles. The Balaban J connectivity index is 1.61. The highest BCUT2D eigenvalue weighted by molar-refractivity contribution is 6.00. The Morgan fingerprint density at radius 2 is 1.66 bits per heavy atom. The number of amides is 2. The van der Waals surface area contributed by atoms with Gasteiger partial charge in [-0.15, -0.1) is 0 Å². The largest absolute Gasteiger partial charge is 0.497 e. The molecule has 0 atom stereocenters. The van der Waals surface area contributed by atoms with Gasteiger partial charge in [-0.3, -0.25) is 9.59 Å². The van der Waals surface area contributed by atoms with Gasteiger partial charge in [-0.05, 0) is 48.9 Å². The number of hydrogen-bond acceptors (Lipinski definition) is 7. The number of carbonyl (C=O) groups excluding carboxylic acids is 2. The lowest BCUT2D eigenvalue weighted by Crippen LogP contribution is -2.24. The molecule has 3 aromatic carbocycles. The number of aryl methyl sites for hydroxylation is 1. The standard InChI is InChI=1S/C29H28N6O3/c1-4-26(36)32-21-7-5-8-22(15-21)33-27-25(28(37)30-17-20-13-11-19(2)12-14-20)18-31-29(35-27)34-23-9-6-10-24(16-23)38-3/h4-16,18H,1,17H2,2-3H3,(H,30,37)(H,32,36)(H2,31,33,34,35). The summed E-state index contributed by atoms with van der Waals surface area (Å²) < 4.78 is 5.28. The quantitative estimate of drug-likeness (QED) is 0.214. The molecule has 1 aromatic heterocycles. The van der Waals surface area contributed by atoms with Crippen molar-refractivity contribution in [2.45, 2.75) is 13.5 Å². The Morgan fingerprint density at radius 3 is 2.39 bits per heavy atom. The SMILES string of the molecule is C=CC(=O)Nc1cccc(Nc2nc(Nc3cccc(OC)c3)ncc2C(=O)NCc2ccc(C)cc2)c1. The van der Waals surface area contributed by atoms with Crippen LogP contribution in [0.5, 0.6) is 5.75 Å². The molecule has 0 radical (unpaired) electrons. The van der Waals surface area contributed by atoms with E-state index >= 15 is 0 Å². The minimum atomic E-state index is -0.336. The number of carbonyl (C=O) groups is 2. The van der Waals surface area contributed by atoms with E-state index < -0.39 is 0 Å². The maximum Gasteiger partial charge on any atom is 0.256 e. The summed E-state index contributed by atoms with van der Waals surface area (Å²) in [5.74, 6) is 0.590. The molecule has 4 rings (SSSR count). The van der Waals surface area contributed by atoms with Gasteiger partial charge >= 0.3 is 0 Å². The van der Waals surface area contributed by atoms with Crippen molar-refractivity contribution < 1.29 is 14.3 Å². The van der Waals surface area contributed by atoms with Gasteiger partial charge in [-0.25, -0.2) is 4.98 Å². The maximum atomic E-state index is 13.2. The van der Waals surface area contributed by atoms with E-state index in [4.69, 9.17) is 4.74 Å². The molecular formula is C29H28N6O3. The fourth-order valence-electron chi connectivity index (χ4n) is 3.52. The molecule has 0 saturated carbocycles. The van der Waals surface area contributed by atoms with Gasteiger partial charge in [-0.2, -0.15) is 4.98 Å². The van der Waals surface area contributed by atoms with E-state index in [0.29, 0.717) is 29.5 Å². The summed E-state index contributed by atoms with van der Waals surface area (Å²) in [5.41, 5.74) is 4.28. The number of rotatable bonds is 10. The van der Waals surface area contributed by atoms with Gasteiger partial charge in [0.25, 0.3) is 5.91 Å². The van der Waals surface area contributed by atoms with Gasteiger partial charge in [0, 0.05) is 35.9 Å². The van der Waals surface area contributed by atoms with Crippen LogP contribution < -0.4 is 26.0 Å². The Labute approximate surface area is 221 Å². The minimum Gasteiger partial charge on any atom is -0.497 e. The number of hydrogen-bond donors (Lipinski definition) is 4. The van der Waals surface area contributed by atoms with Crippen LogP contribution in [0.4, 0.5) is 28.8 Å². The predicted octanol–water partition coefficient (Wildman–Crippen LogP) is 5.34. The second-order valence-corrected chi connectivity index (χ2v) is 8.38. The molecule has 0 aliphatic carbocycles. The van der Waals surface area contributed by atoms with Crippen LogP contribution in [-0.4, -0.2) is 28.9 Å².